The van der Waals surface area contributed by atoms with Crippen molar-refractivity contribution in [1.29, 1.82) is 0 Å². The van der Waals surface area contributed by atoms with Crippen LogP contribution in [0.5, 0.6) is 0 Å². The van der Waals surface area contributed by atoms with Crippen LogP contribution in [0.2, 0.25) is 0 Å². The van der Waals surface area contributed by atoms with Crippen LogP contribution in [0, 0.1) is 0 Å². The predicted molar refractivity (Wildman–Crippen MR) is 37.2 cm³/mol. The molecule has 0 saturated heterocycles. The van der Waals surface area contributed by atoms with Gasteiger partial charge in [0, 0.05) is 0 Å². The van der Waals surface area contributed by atoms with Gasteiger partial charge in [0.1, 0.15) is 0 Å². The second kappa shape index (κ2) is 6.72. The molecular weight excluding hydrogens is 122 g/mol. The van der Waals surface area contributed by atoms with Crippen LogP contribution in [0.25, 0.3) is 0 Å². The van der Waals surface area contributed by atoms with Gasteiger partial charge in [-0.05, 0) is 18.4 Å². The third kappa shape index (κ3) is 5.72. The zero-order valence-corrected chi connectivity index (χ0v) is 5.36. The van der Waals surface area contributed by atoms with Gasteiger partial charge in [-0.2, -0.15) is 0 Å². The molecule has 2 N–H and O–H groups in total. The quantitative estimate of drug-likeness (QED) is 0.573. The van der Waals surface area contributed by atoms with Crippen molar-refractivity contribution in [3.8, 4) is 0 Å². The fourth-order valence-corrected chi connectivity index (χ4v) is 0.563. The Balaban J connectivity index is 2.94. The summed E-state index contributed by atoms with van der Waals surface area (Å²) in [6.07, 6.45) is 2.72. The number of nitrogens with two attached hydrogens (primary N) is 1. The SMILES string of the molecule is NCC/C=C/SC=O. The molecule has 0 bridgehead atoms. The minimum atomic E-state index is 0.649. The first-order chi connectivity index (χ1) is 3.91. The number of carbonyl (C=O) groups excluding carboxylic acids is 1. The van der Waals surface area contributed by atoms with Gasteiger partial charge < -0.3 is 5.73 Å². The molecule has 0 aliphatic rings. The van der Waals surface area contributed by atoms with Gasteiger partial charge in [-0.25, -0.2) is 0 Å². The molecule has 2 nitrogen and oxygen atoms in total. The molecule has 0 unspecified atom stereocenters. The molecule has 8 heavy (non-hydrogen) atoms. The highest BCUT2D eigenvalue weighted by molar-refractivity contribution is 8.14. The summed E-state index contributed by atoms with van der Waals surface area (Å²) < 4.78 is 0. The first-order valence-corrected chi connectivity index (χ1v) is 3.30. The lowest BCUT2D eigenvalue weighted by molar-refractivity contribution is 0.570. The van der Waals surface area contributed by atoms with Crippen molar-refractivity contribution in [2.45, 2.75) is 6.42 Å². The summed E-state index contributed by atoms with van der Waals surface area (Å²) in [7, 11) is 0. The van der Waals surface area contributed by atoms with Crippen molar-refractivity contribution < 1.29 is 4.79 Å². The van der Waals surface area contributed by atoms with E-state index in [0.29, 0.717) is 6.54 Å². The Labute approximate surface area is 53.1 Å². The van der Waals surface area contributed by atoms with Gasteiger partial charge in [-0.3, -0.25) is 4.79 Å². The maximum Gasteiger partial charge on any atom is 0.180 e. The molecular formula is C5H9NOS. The maximum atomic E-state index is 9.65. The third-order valence-electron chi connectivity index (χ3n) is 0.564. The number of thioether (sulfide) groups is 1. The van der Waals surface area contributed by atoms with Gasteiger partial charge in [-0.1, -0.05) is 17.8 Å². The Hall–Kier alpha value is -0.280. The number of hydrogen-bond acceptors (Lipinski definition) is 3. The van der Waals surface area contributed by atoms with Crippen molar-refractivity contribution in [2.24, 2.45) is 5.73 Å². The fraction of sp³-hybridized carbons (Fsp3) is 0.400. The average molecular weight is 131 g/mol. The van der Waals surface area contributed by atoms with Crippen LogP contribution in [0.15, 0.2) is 11.5 Å². The van der Waals surface area contributed by atoms with Crippen molar-refractivity contribution in [3.05, 3.63) is 11.5 Å². The molecule has 0 rings (SSSR count). The number of carbonyl (C=O) groups is 1. The zero-order chi connectivity index (χ0) is 6.24. The van der Waals surface area contributed by atoms with E-state index in [2.05, 4.69) is 0 Å². The Morgan fingerprint density at radius 2 is 2.38 bits per heavy atom. The smallest absolute Gasteiger partial charge is 0.180 e. The van der Waals surface area contributed by atoms with Crippen molar-refractivity contribution >= 4 is 17.4 Å². The summed E-state index contributed by atoms with van der Waals surface area (Å²) >= 11 is 1.13. The predicted octanol–water partition coefficient (Wildman–Crippen LogP) is 0.772. The monoisotopic (exact) mass is 131 g/mol. The lowest BCUT2D eigenvalue weighted by Gasteiger charge is -1.79. The van der Waals surface area contributed by atoms with Crippen LogP contribution < -0.4 is 5.73 Å². The summed E-state index contributed by atoms with van der Waals surface area (Å²) in [5, 5.41) is 1.74. The van der Waals surface area contributed by atoms with E-state index in [1.807, 2.05) is 6.08 Å². The Kier molecular flexibility index (Phi) is 6.48. The van der Waals surface area contributed by atoms with Gasteiger partial charge in [0.05, 0.1) is 0 Å². The number of rotatable bonds is 4. The lowest BCUT2D eigenvalue weighted by Crippen LogP contribution is -1.94. The van der Waals surface area contributed by atoms with Gasteiger partial charge in [0.15, 0.2) is 5.62 Å². The second-order valence-electron chi connectivity index (χ2n) is 1.18. The highest BCUT2D eigenvalue weighted by Crippen LogP contribution is 1.94. The van der Waals surface area contributed by atoms with Gasteiger partial charge in [0.2, 0.25) is 0 Å². The number of hydrogen-bond donors (Lipinski definition) is 1. The molecule has 0 heterocycles. The summed E-state index contributed by atoms with van der Waals surface area (Å²) in [4.78, 5) is 9.65. The minimum Gasteiger partial charge on any atom is -0.330 e. The second-order valence-corrected chi connectivity index (χ2v) is 1.92. The van der Waals surface area contributed by atoms with E-state index in [0.717, 1.165) is 23.8 Å². The Bertz CT molecular complexity index is 82.5. The molecule has 46 valence electrons. The molecule has 0 saturated carbocycles. The molecule has 0 spiro atoms. The molecule has 3 heteroatoms. The first kappa shape index (κ1) is 7.72. The van der Waals surface area contributed by atoms with E-state index < -0.39 is 0 Å². The van der Waals surface area contributed by atoms with E-state index in [1.54, 1.807) is 5.41 Å². The summed E-state index contributed by atoms with van der Waals surface area (Å²) in [5.74, 6) is 0. The molecule has 0 aromatic rings. The Morgan fingerprint density at radius 3 is 2.88 bits per heavy atom. The summed E-state index contributed by atoms with van der Waals surface area (Å²) in [6.45, 7) is 0.649. The van der Waals surface area contributed by atoms with E-state index in [9.17, 15) is 4.79 Å². The molecule has 0 amide bonds. The van der Waals surface area contributed by atoms with E-state index in [1.165, 1.54) is 0 Å². The van der Waals surface area contributed by atoms with Crippen LogP contribution in [0.4, 0.5) is 0 Å². The standard InChI is InChI=1S/C5H9NOS/c6-3-1-2-4-8-5-7/h2,4-5H,1,3,6H2/b4-2+. The average Bonchev–Trinajstić information content (AvgIpc) is 1.81. The van der Waals surface area contributed by atoms with E-state index in [-0.39, 0.29) is 0 Å². The van der Waals surface area contributed by atoms with Crippen molar-refractivity contribution in [3.63, 3.8) is 0 Å². The van der Waals surface area contributed by atoms with Crippen LogP contribution in [-0.2, 0) is 4.79 Å². The van der Waals surface area contributed by atoms with Crippen molar-refractivity contribution in [2.75, 3.05) is 6.54 Å². The third-order valence-corrected chi connectivity index (χ3v) is 1.02. The largest absolute Gasteiger partial charge is 0.330 e. The Morgan fingerprint density at radius 1 is 1.62 bits per heavy atom. The van der Waals surface area contributed by atoms with Gasteiger partial charge in [0.25, 0.3) is 0 Å². The highest BCUT2D eigenvalue weighted by atomic mass is 32.2. The molecule has 0 atom stereocenters. The molecule has 0 aromatic carbocycles. The minimum absolute atomic E-state index is 0.649. The topological polar surface area (TPSA) is 43.1 Å². The van der Waals surface area contributed by atoms with E-state index >= 15 is 0 Å². The molecule has 0 radical (unpaired) electrons. The first-order valence-electron chi connectivity index (χ1n) is 2.36. The normalized spacial score (nSPS) is 10.1. The lowest BCUT2D eigenvalue weighted by atomic mass is 10.4. The van der Waals surface area contributed by atoms with Crippen LogP contribution in [0.1, 0.15) is 6.42 Å². The van der Waals surface area contributed by atoms with E-state index in [4.69, 9.17) is 5.73 Å². The van der Waals surface area contributed by atoms with Gasteiger partial charge in [-0.15, -0.1) is 0 Å². The molecule has 0 aliphatic carbocycles. The summed E-state index contributed by atoms with van der Waals surface area (Å²) in [5.41, 5.74) is 5.95. The van der Waals surface area contributed by atoms with Crippen molar-refractivity contribution in [1.82, 2.24) is 0 Å². The van der Waals surface area contributed by atoms with Gasteiger partial charge >= 0.3 is 0 Å². The van der Waals surface area contributed by atoms with Crippen LogP contribution >= 0.6 is 11.8 Å². The maximum absolute atomic E-state index is 9.65. The molecule has 0 aliphatic heterocycles. The van der Waals surface area contributed by atoms with Crippen LogP contribution in [-0.4, -0.2) is 12.2 Å². The molecule has 0 fully saturated rings. The fourth-order valence-electron chi connectivity index (χ4n) is 0.252. The molecule has 0 aromatic heterocycles. The van der Waals surface area contributed by atoms with Crippen LogP contribution in [0.3, 0.4) is 0 Å². The zero-order valence-electron chi connectivity index (χ0n) is 4.54. The summed E-state index contributed by atoms with van der Waals surface area (Å²) in [6, 6.07) is 0. The highest BCUT2D eigenvalue weighted by Gasteiger charge is 1.71.